The molecular formula is C12H16BN5O2. The molecule has 0 N–H and O–H groups in total. The summed E-state index contributed by atoms with van der Waals surface area (Å²) in [5.41, 5.74) is 1.26. The largest absolute Gasteiger partial charge is 0.496 e. The third kappa shape index (κ3) is 2.32. The van der Waals surface area contributed by atoms with Gasteiger partial charge in [-0.15, -0.1) is 10.2 Å². The van der Waals surface area contributed by atoms with E-state index in [-0.39, 0.29) is 18.8 Å². The maximum Gasteiger partial charge on any atom is 0.496 e. The van der Waals surface area contributed by atoms with Gasteiger partial charge in [0.05, 0.1) is 18.8 Å². The molecule has 1 fully saturated rings. The first-order valence-corrected chi connectivity index (χ1v) is 6.49. The highest BCUT2D eigenvalue weighted by atomic mass is 16.7. The number of hydrogen-bond acceptors (Lipinski definition) is 6. The fourth-order valence-corrected chi connectivity index (χ4v) is 1.96. The lowest BCUT2D eigenvalue weighted by Gasteiger charge is -2.21. The summed E-state index contributed by atoms with van der Waals surface area (Å²) in [6, 6.07) is 3.76. The Labute approximate surface area is 117 Å². The summed E-state index contributed by atoms with van der Waals surface area (Å²) in [5, 5.41) is 11.8. The molecule has 8 heteroatoms. The van der Waals surface area contributed by atoms with E-state index in [2.05, 4.69) is 20.4 Å². The number of tetrazole rings is 1. The van der Waals surface area contributed by atoms with Gasteiger partial charge in [-0.1, -0.05) is 6.07 Å². The van der Waals surface area contributed by atoms with Crippen LogP contribution in [0.15, 0.2) is 18.3 Å². The maximum absolute atomic E-state index is 5.89. The SMILES string of the molecule is CC1OB(c2ccc(-c3nnn(C)n3)nc2)OC1(C)C. The van der Waals surface area contributed by atoms with E-state index >= 15 is 0 Å². The predicted molar refractivity (Wildman–Crippen MR) is 73.1 cm³/mol. The standard InChI is InChI=1S/C12H16BN5O2/c1-8-12(2,3)20-13(19-8)9-5-6-10(14-7-9)11-15-17-18(4)16-11/h5-8H,1-4H3. The van der Waals surface area contributed by atoms with Crippen molar-refractivity contribution in [2.75, 3.05) is 0 Å². The van der Waals surface area contributed by atoms with Crippen molar-refractivity contribution in [2.24, 2.45) is 7.05 Å². The van der Waals surface area contributed by atoms with Crippen LogP contribution in [0.1, 0.15) is 20.8 Å². The number of nitrogens with zero attached hydrogens (tertiary/aromatic N) is 5. The highest BCUT2D eigenvalue weighted by Gasteiger charge is 2.43. The number of hydrogen-bond donors (Lipinski definition) is 0. The third-order valence-electron chi connectivity index (χ3n) is 3.51. The minimum Gasteiger partial charge on any atom is -0.402 e. The first kappa shape index (κ1) is 13.2. The molecule has 1 saturated heterocycles. The van der Waals surface area contributed by atoms with Gasteiger partial charge in [0.1, 0.15) is 5.69 Å². The van der Waals surface area contributed by atoms with Crippen LogP contribution in [0.3, 0.4) is 0 Å². The molecule has 104 valence electrons. The second kappa shape index (κ2) is 4.64. The van der Waals surface area contributed by atoms with Gasteiger partial charge in [0, 0.05) is 11.7 Å². The molecule has 1 unspecified atom stereocenters. The van der Waals surface area contributed by atoms with E-state index in [0.717, 1.165) is 5.46 Å². The van der Waals surface area contributed by atoms with Crippen molar-refractivity contribution in [1.29, 1.82) is 0 Å². The first-order valence-electron chi connectivity index (χ1n) is 6.49. The molecule has 1 aliphatic heterocycles. The molecule has 0 spiro atoms. The molecule has 0 radical (unpaired) electrons. The van der Waals surface area contributed by atoms with E-state index < -0.39 is 0 Å². The molecule has 0 aromatic carbocycles. The summed E-state index contributed by atoms with van der Waals surface area (Å²) in [6.07, 6.45) is 1.76. The molecule has 0 saturated carbocycles. The van der Waals surface area contributed by atoms with E-state index in [9.17, 15) is 0 Å². The Morgan fingerprint density at radius 2 is 2.15 bits per heavy atom. The van der Waals surface area contributed by atoms with Crippen molar-refractivity contribution < 1.29 is 9.31 Å². The van der Waals surface area contributed by atoms with Crippen LogP contribution >= 0.6 is 0 Å². The van der Waals surface area contributed by atoms with Crippen molar-refractivity contribution in [2.45, 2.75) is 32.5 Å². The van der Waals surface area contributed by atoms with Crippen molar-refractivity contribution in [3.8, 4) is 11.5 Å². The van der Waals surface area contributed by atoms with Crippen LogP contribution in [0.25, 0.3) is 11.5 Å². The molecule has 0 aliphatic carbocycles. The molecule has 2 aromatic heterocycles. The average Bonchev–Trinajstić information content (AvgIpc) is 2.95. The van der Waals surface area contributed by atoms with Crippen LogP contribution in [-0.2, 0) is 16.4 Å². The minimum atomic E-state index is -0.378. The van der Waals surface area contributed by atoms with Crippen LogP contribution in [0.4, 0.5) is 0 Å². The highest BCUT2D eigenvalue weighted by molar-refractivity contribution is 6.61. The molecule has 0 bridgehead atoms. The Morgan fingerprint density at radius 3 is 2.65 bits per heavy atom. The minimum absolute atomic E-state index is 0.0360. The number of aromatic nitrogens is 5. The van der Waals surface area contributed by atoms with E-state index in [4.69, 9.17) is 9.31 Å². The molecule has 0 amide bonds. The third-order valence-corrected chi connectivity index (χ3v) is 3.51. The highest BCUT2D eigenvalue weighted by Crippen LogP contribution is 2.26. The summed E-state index contributed by atoms with van der Waals surface area (Å²) >= 11 is 0. The second-order valence-electron chi connectivity index (χ2n) is 5.41. The molecule has 1 atom stereocenters. The summed E-state index contributed by atoms with van der Waals surface area (Å²) < 4.78 is 11.7. The molecule has 3 rings (SSSR count). The average molecular weight is 273 g/mol. The van der Waals surface area contributed by atoms with E-state index in [0.29, 0.717) is 11.5 Å². The van der Waals surface area contributed by atoms with Gasteiger partial charge in [0.2, 0.25) is 5.82 Å². The zero-order valence-electron chi connectivity index (χ0n) is 11.9. The smallest absolute Gasteiger partial charge is 0.402 e. The zero-order chi connectivity index (χ0) is 14.3. The fourth-order valence-electron chi connectivity index (χ4n) is 1.96. The van der Waals surface area contributed by atoms with Gasteiger partial charge in [-0.25, -0.2) is 0 Å². The van der Waals surface area contributed by atoms with Crippen LogP contribution < -0.4 is 5.46 Å². The molecule has 7 nitrogen and oxygen atoms in total. The molecule has 3 heterocycles. The second-order valence-corrected chi connectivity index (χ2v) is 5.41. The predicted octanol–water partition coefficient (Wildman–Crippen LogP) is 0.181. The summed E-state index contributed by atoms with van der Waals surface area (Å²) in [6.45, 7) is 6.04. The van der Waals surface area contributed by atoms with E-state index in [1.54, 1.807) is 13.2 Å². The summed E-state index contributed by atoms with van der Waals surface area (Å²) in [4.78, 5) is 5.74. The van der Waals surface area contributed by atoms with Crippen LogP contribution in [0.2, 0.25) is 0 Å². The Morgan fingerprint density at radius 1 is 1.35 bits per heavy atom. The quantitative estimate of drug-likeness (QED) is 0.727. The van der Waals surface area contributed by atoms with Crippen molar-refractivity contribution in [1.82, 2.24) is 25.2 Å². The number of rotatable bonds is 2. The van der Waals surface area contributed by atoms with Gasteiger partial charge in [0.25, 0.3) is 0 Å². The molecule has 2 aromatic rings. The lowest BCUT2D eigenvalue weighted by Crippen LogP contribution is -2.34. The van der Waals surface area contributed by atoms with Gasteiger partial charge in [0.15, 0.2) is 0 Å². The lowest BCUT2D eigenvalue weighted by molar-refractivity contribution is 0.0842. The number of aryl methyl sites for hydroxylation is 1. The van der Waals surface area contributed by atoms with Crippen molar-refractivity contribution >= 4 is 12.6 Å². The van der Waals surface area contributed by atoms with Crippen LogP contribution in [0.5, 0.6) is 0 Å². The topological polar surface area (TPSA) is 75.0 Å². The lowest BCUT2D eigenvalue weighted by atomic mass is 9.80. The Kier molecular flexibility index (Phi) is 3.06. The summed E-state index contributed by atoms with van der Waals surface area (Å²) in [7, 11) is 1.34. The molecular weight excluding hydrogens is 257 g/mol. The Bertz CT molecular complexity index is 613. The Hall–Kier alpha value is -1.80. The zero-order valence-corrected chi connectivity index (χ0v) is 11.9. The normalized spacial score (nSPS) is 21.4. The van der Waals surface area contributed by atoms with Crippen LogP contribution in [0, 0.1) is 0 Å². The maximum atomic E-state index is 5.89. The van der Waals surface area contributed by atoms with Gasteiger partial charge in [-0.05, 0) is 32.1 Å². The first-order chi connectivity index (χ1) is 9.45. The monoisotopic (exact) mass is 273 g/mol. The van der Waals surface area contributed by atoms with Gasteiger partial charge >= 0.3 is 7.12 Å². The van der Waals surface area contributed by atoms with Crippen LogP contribution in [-0.4, -0.2) is 44.0 Å². The molecule has 1 aliphatic rings. The van der Waals surface area contributed by atoms with Crippen molar-refractivity contribution in [3.63, 3.8) is 0 Å². The fraction of sp³-hybridized carbons (Fsp3) is 0.500. The van der Waals surface area contributed by atoms with Gasteiger partial charge < -0.3 is 9.31 Å². The van der Waals surface area contributed by atoms with Gasteiger partial charge in [-0.3, -0.25) is 4.98 Å². The van der Waals surface area contributed by atoms with Gasteiger partial charge in [-0.2, -0.15) is 4.80 Å². The Balaban J connectivity index is 1.80. The van der Waals surface area contributed by atoms with E-state index in [1.807, 2.05) is 32.9 Å². The summed E-state index contributed by atoms with van der Waals surface area (Å²) in [5.74, 6) is 0.501. The number of pyridine rings is 1. The van der Waals surface area contributed by atoms with E-state index in [1.165, 1.54) is 4.80 Å². The molecule has 20 heavy (non-hydrogen) atoms. The van der Waals surface area contributed by atoms with Crippen molar-refractivity contribution in [3.05, 3.63) is 18.3 Å².